The summed E-state index contributed by atoms with van der Waals surface area (Å²) in [7, 11) is 0. The number of rotatable bonds is 2. The fourth-order valence-corrected chi connectivity index (χ4v) is 1.73. The number of hydrogen-bond acceptors (Lipinski definition) is 3. The molecule has 0 fully saturated rings. The van der Waals surface area contributed by atoms with Gasteiger partial charge in [-0.2, -0.15) is 0 Å². The Morgan fingerprint density at radius 1 is 1.12 bits per heavy atom. The molecule has 3 aromatic rings. The number of nitrogens with one attached hydrogen (secondary N) is 1. The van der Waals surface area contributed by atoms with Crippen molar-refractivity contribution in [3.8, 4) is 11.6 Å². The number of para-hydroxylation sites is 1. The van der Waals surface area contributed by atoms with Crippen molar-refractivity contribution >= 4 is 5.65 Å². The first kappa shape index (κ1) is 9.89. The number of H-pyrrole nitrogens is 1. The molecule has 2 heterocycles. The van der Waals surface area contributed by atoms with Gasteiger partial charge in [0.15, 0.2) is 5.65 Å². The number of aromatic nitrogens is 4. The molecule has 0 unspecified atom stereocenters. The van der Waals surface area contributed by atoms with E-state index in [0.29, 0.717) is 5.88 Å². The van der Waals surface area contributed by atoms with Crippen molar-refractivity contribution in [1.82, 2.24) is 19.8 Å². The van der Waals surface area contributed by atoms with Crippen molar-refractivity contribution < 1.29 is 4.74 Å². The number of aromatic amines is 1. The number of hydrogen-bond donors (Lipinski definition) is 1. The minimum atomic E-state index is 0.698. The molecule has 0 aliphatic heterocycles. The molecule has 17 heavy (non-hydrogen) atoms. The topological polar surface area (TPSA) is 55.2 Å². The van der Waals surface area contributed by atoms with Gasteiger partial charge in [-0.1, -0.05) is 18.2 Å². The van der Waals surface area contributed by atoms with Gasteiger partial charge >= 0.3 is 0 Å². The van der Waals surface area contributed by atoms with E-state index in [4.69, 9.17) is 4.74 Å². The van der Waals surface area contributed by atoms with Crippen LogP contribution in [-0.2, 0) is 0 Å². The smallest absolute Gasteiger partial charge is 0.219 e. The third-order valence-corrected chi connectivity index (χ3v) is 2.68. The van der Waals surface area contributed by atoms with Gasteiger partial charge in [-0.3, -0.25) is 5.10 Å². The Kier molecular flexibility index (Phi) is 2.11. The Bertz CT molecular complexity index is 654. The van der Waals surface area contributed by atoms with Gasteiger partial charge in [0.1, 0.15) is 11.6 Å². The van der Waals surface area contributed by atoms with Crippen LogP contribution in [0.3, 0.4) is 0 Å². The Morgan fingerprint density at radius 2 is 1.88 bits per heavy atom. The Labute approximate surface area is 98.0 Å². The summed E-state index contributed by atoms with van der Waals surface area (Å²) in [6.45, 7) is 3.85. The molecule has 86 valence electrons. The molecule has 5 nitrogen and oxygen atoms in total. The van der Waals surface area contributed by atoms with Gasteiger partial charge in [-0.25, -0.2) is 4.52 Å². The average Bonchev–Trinajstić information content (AvgIpc) is 2.84. The van der Waals surface area contributed by atoms with E-state index in [9.17, 15) is 0 Å². The molecule has 3 rings (SSSR count). The number of nitrogens with zero attached hydrogens (tertiary/aromatic N) is 3. The second kappa shape index (κ2) is 3.62. The van der Waals surface area contributed by atoms with Crippen LogP contribution in [0, 0.1) is 13.8 Å². The molecule has 0 bridgehead atoms. The maximum atomic E-state index is 5.76. The molecule has 0 saturated heterocycles. The van der Waals surface area contributed by atoms with E-state index in [1.165, 1.54) is 0 Å². The highest BCUT2D eigenvalue weighted by Crippen LogP contribution is 2.25. The third kappa shape index (κ3) is 1.56. The Morgan fingerprint density at radius 3 is 2.59 bits per heavy atom. The quantitative estimate of drug-likeness (QED) is 0.733. The first-order valence-electron chi connectivity index (χ1n) is 5.39. The van der Waals surface area contributed by atoms with Crippen LogP contribution >= 0.6 is 0 Å². The summed E-state index contributed by atoms with van der Waals surface area (Å²) in [5, 5.41) is 11.2. The van der Waals surface area contributed by atoms with E-state index in [-0.39, 0.29) is 0 Å². The lowest BCUT2D eigenvalue weighted by atomic mass is 10.3. The zero-order valence-corrected chi connectivity index (χ0v) is 9.64. The van der Waals surface area contributed by atoms with Crippen LogP contribution in [0.1, 0.15) is 11.4 Å². The zero-order valence-electron chi connectivity index (χ0n) is 9.64. The molecule has 5 heteroatoms. The third-order valence-electron chi connectivity index (χ3n) is 2.68. The van der Waals surface area contributed by atoms with Crippen molar-refractivity contribution in [2.45, 2.75) is 13.8 Å². The van der Waals surface area contributed by atoms with Crippen LogP contribution in [0.5, 0.6) is 11.6 Å². The maximum absolute atomic E-state index is 5.76. The van der Waals surface area contributed by atoms with Crippen LogP contribution in [0.4, 0.5) is 0 Å². The largest absolute Gasteiger partial charge is 0.439 e. The van der Waals surface area contributed by atoms with Gasteiger partial charge in [0.2, 0.25) is 5.88 Å². The molecule has 0 aliphatic rings. The number of aryl methyl sites for hydroxylation is 2. The van der Waals surface area contributed by atoms with Crippen molar-refractivity contribution in [3.63, 3.8) is 0 Å². The van der Waals surface area contributed by atoms with Crippen molar-refractivity contribution in [3.05, 3.63) is 41.7 Å². The second-order valence-corrected chi connectivity index (χ2v) is 3.89. The maximum Gasteiger partial charge on any atom is 0.219 e. The minimum absolute atomic E-state index is 0.698. The number of ether oxygens (including phenoxy) is 1. The molecule has 0 spiro atoms. The van der Waals surface area contributed by atoms with Crippen LogP contribution in [0.25, 0.3) is 5.65 Å². The summed E-state index contributed by atoms with van der Waals surface area (Å²) >= 11 is 0. The van der Waals surface area contributed by atoms with Crippen LogP contribution in [0.15, 0.2) is 30.3 Å². The van der Waals surface area contributed by atoms with E-state index >= 15 is 0 Å². The van der Waals surface area contributed by atoms with Gasteiger partial charge in [-0.15, -0.1) is 10.2 Å². The second-order valence-electron chi connectivity index (χ2n) is 3.89. The van der Waals surface area contributed by atoms with E-state index in [1.54, 1.807) is 0 Å². The molecule has 2 aromatic heterocycles. The first-order valence-corrected chi connectivity index (χ1v) is 5.39. The lowest BCUT2D eigenvalue weighted by molar-refractivity contribution is 0.455. The van der Waals surface area contributed by atoms with Gasteiger partial charge in [-0.05, 0) is 26.0 Å². The Balaban J connectivity index is 2.04. The van der Waals surface area contributed by atoms with Crippen molar-refractivity contribution in [2.75, 3.05) is 0 Å². The molecule has 0 aliphatic carbocycles. The molecule has 0 amide bonds. The van der Waals surface area contributed by atoms with Gasteiger partial charge in [0, 0.05) is 0 Å². The summed E-state index contributed by atoms with van der Waals surface area (Å²) in [6.07, 6.45) is 0. The predicted octanol–water partition coefficient (Wildman–Crippen LogP) is 2.47. The summed E-state index contributed by atoms with van der Waals surface area (Å²) in [4.78, 5) is 0. The molecular formula is C12H12N4O. The summed E-state index contributed by atoms with van der Waals surface area (Å²) in [5.41, 5.74) is 1.75. The van der Waals surface area contributed by atoms with Crippen LogP contribution in [-0.4, -0.2) is 19.8 Å². The molecular weight excluding hydrogens is 216 g/mol. The standard InChI is InChI=1S/C12H12N4O/c1-8-11-14-13-9(2)16(11)15-12(8)17-10-6-4-3-5-7-10/h3-7,15H,1-2H3. The molecule has 0 atom stereocenters. The minimum Gasteiger partial charge on any atom is -0.439 e. The fraction of sp³-hybridized carbons (Fsp3) is 0.167. The summed E-state index contributed by atoms with van der Waals surface area (Å²) < 4.78 is 7.58. The highest BCUT2D eigenvalue weighted by molar-refractivity contribution is 5.52. The summed E-state index contributed by atoms with van der Waals surface area (Å²) in [6, 6.07) is 9.65. The summed E-state index contributed by atoms with van der Waals surface area (Å²) in [5.74, 6) is 2.31. The van der Waals surface area contributed by atoms with E-state index in [0.717, 1.165) is 22.8 Å². The van der Waals surface area contributed by atoms with Gasteiger partial charge in [0.05, 0.1) is 5.56 Å². The first-order chi connectivity index (χ1) is 8.25. The van der Waals surface area contributed by atoms with E-state index < -0.39 is 0 Å². The Hall–Kier alpha value is -2.30. The lowest BCUT2D eigenvalue weighted by Gasteiger charge is -2.02. The van der Waals surface area contributed by atoms with Gasteiger partial charge in [0.25, 0.3) is 0 Å². The van der Waals surface area contributed by atoms with Crippen LogP contribution < -0.4 is 4.74 Å². The van der Waals surface area contributed by atoms with Crippen molar-refractivity contribution in [2.24, 2.45) is 0 Å². The molecule has 1 aromatic carbocycles. The number of benzene rings is 1. The van der Waals surface area contributed by atoms with E-state index in [1.807, 2.05) is 48.7 Å². The molecule has 0 saturated carbocycles. The van der Waals surface area contributed by atoms with Gasteiger partial charge < -0.3 is 4.74 Å². The fourth-order valence-electron chi connectivity index (χ4n) is 1.73. The predicted molar refractivity (Wildman–Crippen MR) is 63.3 cm³/mol. The zero-order chi connectivity index (χ0) is 11.8. The average molecular weight is 228 g/mol. The monoisotopic (exact) mass is 228 g/mol. The number of fused-ring (bicyclic) bond motifs is 1. The van der Waals surface area contributed by atoms with Crippen LogP contribution in [0.2, 0.25) is 0 Å². The molecule has 1 N–H and O–H groups in total. The van der Waals surface area contributed by atoms with Crippen molar-refractivity contribution in [1.29, 1.82) is 0 Å². The molecule has 0 radical (unpaired) electrons. The van der Waals surface area contributed by atoms with E-state index in [2.05, 4.69) is 15.3 Å². The highest BCUT2D eigenvalue weighted by Gasteiger charge is 2.13. The SMILES string of the molecule is Cc1c(Oc2ccccc2)[nH]n2c(C)nnc12. The lowest BCUT2D eigenvalue weighted by Crippen LogP contribution is -1.90. The normalized spacial score (nSPS) is 10.9. The highest BCUT2D eigenvalue weighted by atomic mass is 16.5.